The van der Waals surface area contributed by atoms with Crippen LogP contribution in [0, 0.1) is 0 Å². The van der Waals surface area contributed by atoms with Crippen molar-refractivity contribution in [1.82, 2.24) is 19.9 Å². The molecule has 1 atom stereocenters. The van der Waals surface area contributed by atoms with E-state index in [9.17, 15) is 0 Å². The maximum atomic E-state index is 5.85. The summed E-state index contributed by atoms with van der Waals surface area (Å²) in [6.07, 6.45) is 3.19. The number of anilines is 1. The van der Waals surface area contributed by atoms with Crippen LogP contribution in [0.4, 0.5) is 5.82 Å². The first kappa shape index (κ1) is 11.0. The van der Waals surface area contributed by atoms with E-state index in [0.29, 0.717) is 11.5 Å². The number of hydrogen-bond donors (Lipinski definition) is 2. The third-order valence-electron chi connectivity index (χ3n) is 2.58. The van der Waals surface area contributed by atoms with Crippen LogP contribution in [0.25, 0.3) is 11.2 Å². The lowest BCUT2D eigenvalue weighted by molar-refractivity contribution is 0.490. The summed E-state index contributed by atoms with van der Waals surface area (Å²) >= 11 is 5.85. The number of nitrogens with one attached hydrogen (secondary N) is 2. The molecule has 3 heterocycles. The summed E-state index contributed by atoms with van der Waals surface area (Å²) in [5.74, 6) is 1.42. The standard InChI is InChI=1S/C11H10ClN5O/c1-6(7-3-2-4-18-7)15-10-8-9(14-5-13-8)16-11(12)17-10/h2-6H,1H3,(H2,13,14,15,16,17). The Balaban J connectivity index is 1.97. The molecule has 3 aromatic heterocycles. The highest BCUT2D eigenvalue weighted by Gasteiger charge is 2.13. The molecule has 1 unspecified atom stereocenters. The maximum absolute atomic E-state index is 5.85. The van der Waals surface area contributed by atoms with Gasteiger partial charge in [-0.3, -0.25) is 0 Å². The lowest BCUT2D eigenvalue weighted by Crippen LogP contribution is -2.08. The molecule has 0 aliphatic heterocycles. The number of furan rings is 1. The molecule has 0 aliphatic carbocycles. The van der Waals surface area contributed by atoms with E-state index in [1.54, 1.807) is 12.6 Å². The second-order valence-electron chi connectivity index (χ2n) is 3.82. The lowest BCUT2D eigenvalue weighted by Gasteiger charge is -2.12. The topological polar surface area (TPSA) is 79.6 Å². The summed E-state index contributed by atoms with van der Waals surface area (Å²) in [4.78, 5) is 15.2. The smallest absolute Gasteiger partial charge is 0.226 e. The van der Waals surface area contributed by atoms with E-state index in [4.69, 9.17) is 16.0 Å². The average molecular weight is 264 g/mol. The van der Waals surface area contributed by atoms with E-state index >= 15 is 0 Å². The zero-order valence-electron chi connectivity index (χ0n) is 9.51. The summed E-state index contributed by atoms with van der Waals surface area (Å²) in [5.41, 5.74) is 1.25. The van der Waals surface area contributed by atoms with Gasteiger partial charge in [-0.05, 0) is 30.7 Å². The zero-order valence-corrected chi connectivity index (χ0v) is 10.3. The molecule has 0 saturated carbocycles. The minimum atomic E-state index is -0.0301. The van der Waals surface area contributed by atoms with E-state index in [2.05, 4.69) is 25.3 Å². The number of halogens is 1. The summed E-state index contributed by atoms with van der Waals surface area (Å²) in [6, 6.07) is 3.70. The third-order valence-corrected chi connectivity index (χ3v) is 2.75. The van der Waals surface area contributed by atoms with E-state index in [0.717, 1.165) is 11.3 Å². The molecule has 6 nitrogen and oxygen atoms in total. The Morgan fingerprint density at radius 3 is 3.11 bits per heavy atom. The molecule has 0 radical (unpaired) electrons. The highest BCUT2D eigenvalue weighted by atomic mass is 35.5. The molecule has 0 aliphatic rings. The number of H-pyrrole nitrogens is 1. The van der Waals surface area contributed by atoms with E-state index in [1.165, 1.54) is 0 Å². The molecule has 0 saturated heterocycles. The van der Waals surface area contributed by atoms with Gasteiger partial charge in [0.15, 0.2) is 11.5 Å². The van der Waals surface area contributed by atoms with Gasteiger partial charge >= 0.3 is 0 Å². The minimum absolute atomic E-state index is 0.0301. The number of aromatic nitrogens is 4. The Kier molecular flexibility index (Phi) is 2.64. The Morgan fingerprint density at radius 2 is 2.33 bits per heavy atom. The Hall–Kier alpha value is -2.08. The van der Waals surface area contributed by atoms with Gasteiger partial charge in [-0.25, -0.2) is 4.98 Å². The molecule has 7 heteroatoms. The van der Waals surface area contributed by atoms with Gasteiger partial charge in [0, 0.05) is 0 Å². The quantitative estimate of drug-likeness (QED) is 0.710. The van der Waals surface area contributed by atoms with Crippen molar-refractivity contribution in [2.45, 2.75) is 13.0 Å². The molecule has 0 fully saturated rings. The van der Waals surface area contributed by atoms with E-state index < -0.39 is 0 Å². The number of fused-ring (bicyclic) bond motifs is 1. The van der Waals surface area contributed by atoms with Gasteiger partial charge in [0.1, 0.15) is 11.3 Å². The van der Waals surface area contributed by atoms with Gasteiger partial charge < -0.3 is 14.7 Å². The molecule has 2 N–H and O–H groups in total. The molecule has 0 spiro atoms. The molecule has 3 aromatic rings. The van der Waals surface area contributed by atoms with Crippen LogP contribution in [-0.4, -0.2) is 19.9 Å². The van der Waals surface area contributed by atoms with E-state index in [1.807, 2.05) is 19.1 Å². The Morgan fingerprint density at radius 1 is 1.44 bits per heavy atom. The minimum Gasteiger partial charge on any atom is -0.467 e. The van der Waals surface area contributed by atoms with Crippen LogP contribution in [0.15, 0.2) is 29.1 Å². The van der Waals surface area contributed by atoms with Crippen molar-refractivity contribution in [3.05, 3.63) is 35.8 Å². The fraction of sp³-hybridized carbons (Fsp3) is 0.182. The van der Waals surface area contributed by atoms with Crippen molar-refractivity contribution in [3.8, 4) is 0 Å². The number of imidazole rings is 1. The van der Waals surface area contributed by atoms with Crippen molar-refractivity contribution in [1.29, 1.82) is 0 Å². The number of nitrogens with zero attached hydrogens (tertiary/aromatic N) is 3. The molecule has 18 heavy (non-hydrogen) atoms. The van der Waals surface area contributed by atoms with E-state index in [-0.39, 0.29) is 11.3 Å². The van der Waals surface area contributed by atoms with Crippen LogP contribution < -0.4 is 5.32 Å². The predicted molar refractivity (Wildman–Crippen MR) is 67.4 cm³/mol. The molecule has 0 bridgehead atoms. The Labute approximate surface area is 107 Å². The second kappa shape index (κ2) is 4.30. The maximum Gasteiger partial charge on any atom is 0.226 e. The lowest BCUT2D eigenvalue weighted by atomic mass is 10.2. The van der Waals surface area contributed by atoms with Gasteiger partial charge in [-0.2, -0.15) is 9.97 Å². The predicted octanol–water partition coefficient (Wildman–Crippen LogP) is 2.77. The van der Waals surface area contributed by atoms with Crippen LogP contribution in [0.3, 0.4) is 0 Å². The molecule has 92 valence electrons. The average Bonchev–Trinajstić information content (AvgIpc) is 2.98. The van der Waals surface area contributed by atoms with Gasteiger partial charge in [0.2, 0.25) is 5.28 Å². The van der Waals surface area contributed by atoms with Gasteiger partial charge in [0.25, 0.3) is 0 Å². The van der Waals surface area contributed by atoms with Crippen molar-refractivity contribution in [3.63, 3.8) is 0 Å². The van der Waals surface area contributed by atoms with Gasteiger partial charge in [-0.15, -0.1) is 0 Å². The Bertz CT molecular complexity index is 663. The van der Waals surface area contributed by atoms with Crippen LogP contribution in [-0.2, 0) is 0 Å². The van der Waals surface area contributed by atoms with Crippen LogP contribution in [0.2, 0.25) is 5.28 Å². The monoisotopic (exact) mass is 263 g/mol. The summed E-state index contributed by atoms with van der Waals surface area (Å²) in [5, 5.41) is 3.37. The van der Waals surface area contributed by atoms with Crippen molar-refractivity contribution in [2.75, 3.05) is 5.32 Å². The summed E-state index contributed by atoms with van der Waals surface area (Å²) < 4.78 is 5.33. The fourth-order valence-electron chi connectivity index (χ4n) is 1.72. The molecular weight excluding hydrogens is 254 g/mol. The first-order valence-corrected chi connectivity index (χ1v) is 5.78. The molecule has 3 rings (SSSR count). The van der Waals surface area contributed by atoms with Gasteiger partial charge in [-0.1, -0.05) is 0 Å². The molecular formula is C11H10ClN5O. The molecule has 0 amide bonds. The van der Waals surface area contributed by atoms with Crippen molar-refractivity contribution in [2.24, 2.45) is 0 Å². The SMILES string of the molecule is CC(Nc1nc(Cl)nc2nc[nH]c12)c1ccco1. The highest BCUT2D eigenvalue weighted by Crippen LogP contribution is 2.23. The summed E-state index contributed by atoms with van der Waals surface area (Å²) in [7, 11) is 0. The first-order valence-electron chi connectivity index (χ1n) is 5.40. The first-order chi connectivity index (χ1) is 8.74. The van der Waals surface area contributed by atoms with Crippen LogP contribution >= 0.6 is 11.6 Å². The van der Waals surface area contributed by atoms with Crippen molar-refractivity contribution < 1.29 is 4.42 Å². The van der Waals surface area contributed by atoms with Gasteiger partial charge in [0.05, 0.1) is 18.6 Å². The van der Waals surface area contributed by atoms with Crippen molar-refractivity contribution >= 4 is 28.6 Å². The molecule has 0 aromatic carbocycles. The number of hydrogen-bond acceptors (Lipinski definition) is 5. The van der Waals surface area contributed by atoms with Crippen LogP contribution in [0.5, 0.6) is 0 Å². The zero-order chi connectivity index (χ0) is 12.5. The van der Waals surface area contributed by atoms with Crippen LogP contribution in [0.1, 0.15) is 18.7 Å². The summed E-state index contributed by atoms with van der Waals surface area (Å²) in [6.45, 7) is 1.97. The third kappa shape index (κ3) is 1.91. The highest BCUT2D eigenvalue weighted by molar-refractivity contribution is 6.28. The second-order valence-corrected chi connectivity index (χ2v) is 4.16. The normalized spacial score (nSPS) is 12.8. The largest absolute Gasteiger partial charge is 0.467 e. The number of aromatic amines is 1. The fourth-order valence-corrected chi connectivity index (χ4v) is 1.89. The number of rotatable bonds is 3.